The van der Waals surface area contributed by atoms with Gasteiger partial charge in [-0.25, -0.2) is 0 Å². The van der Waals surface area contributed by atoms with E-state index in [1.165, 1.54) is 12.8 Å². The Bertz CT molecular complexity index is 304. The van der Waals surface area contributed by atoms with Gasteiger partial charge < -0.3 is 15.7 Å². The second-order valence-corrected chi connectivity index (χ2v) is 6.78. The van der Waals surface area contributed by atoms with Gasteiger partial charge in [-0.15, -0.1) is 0 Å². The molecule has 1 amide bonds. The average molecular weight is 282 g/mol. The maximum Gasteiger partial charge on any atom is 0.222 e. The molecular weight excluding hydrogens is 252 g/mol. The molecule has 1 saturated carbocycles. The van der Waals surface area contributed by atoms with E-state index >= 15 is 0 Å². The summed E-state index contributed by atoms with van der Waals surface area (Å²) in [5, 5.41) is 9.58. The molecule has 0 radical (unpaired) electrons. The van der Waals surface area contributed by atoms with Crippen LogP contribution in [0, 0.1) is 11.8 Å². The topological polar surface area (TPSA) is 66.6 Å². The van der Waals surface area contributed by atoms with E-state index in [0.717, 1.165) is 45.2 Å². The molecule has 20 heavy (non-hydrogen) atoms. The van der Waals surface area contributed by atoms with E-state index in [2.05, 4.69) is 0 Å². The van der Waals surface area contributed by atoms with Crippen LogP contribution in [0.1, 0.15) is 58.3 Å². The predicted molar refractivity (Wildman–Crippen MR) is 80.2 cm³/mol. The van der Waals surface area contributed by atoms with Crippen molar-refractivity contribution in [3.63, 3.8) is 0 Å². The van der Waals surface area contributed by atoms with Gasteiger partial charge in [0, 0.05) is 25.6 Å². The first kappa shape index (κ1) is 15.8. The van der Waals surface area contributed by atoms with Crippen LogP contribution in [0.3, 0.4) is 0 Å². The minimum atomic E-state index is -0.237. The van der Waals surface area contributed by atoms with Crippen LogP contribution >= 0.6 is 0 Å². The second-order valence-electron chi connectivity index (χ2n) is 6.78. The summed E-state index contributed by atoms with van der Waals surface area (Å²) in [7, 11) is 0. The van der Waals surface area contributed by atoms with E-state index < -0.39 is 0 Å². The van der Waals surface area contributed by atoms with Crippen LogP contribution < -0.4 is 5.73 Å². The van der Waals surface area contributed by atoms with Gasteiger partial charge in [0.2, 0.25) is 5.91 Å². The fraction of sp³-hybridized carbons (Fsp3) is 0.938. The summed E-state index contributed by atoms with van der Waals surface area (Å²) in [6.45, 7) is 3.50. The Labute approximate surface area is 122 Å². The molecule has 2 rings (SSSR count). The molecule has 0 bridgehead atoms. The van der Waals surface area contributed by atoms with Crippen LogP contribution in [-0.2, 0) is 4.79 Å². The normalized spacial score (nSPS) is 30.2. The van der Waals surface area contributed by atoms with Crippen LogP contribution in [0.4, 0.5) is 0 Å². The Kier molecular flexibility index (Phi) is 5.85. The summed E-state index contributed by atoms with van der Waals surface area (Å²) in [6, 6.07) is 0.390. The minimum absolute atomic E-state index is 0.237. The lowest BCUT2D eigenvalue weighted by Crippen LogP contribution is -2.40. The Hall–Kier alpha value is -0.610. The Balaban J connectivity index is 1.65. The highest BCUT2D eigenvalue weighted by Crippen LogP contribution is 2.28. The SMILES string of the molecule is CC(O)C1CCN(C(=O)CCC2CCC(N)CC2)CC1. The number of aliphatic hydroxyl groups is 1. The number of amides is 1. The molecule has 4 heteroatoms. The Morgan fingerprint density at radius 1 is 1.20 bits per heavy atom. The summed E-state index contributed by atoms with van der Waals surface area (Å²) in [4.78, 5) is 14.2. The quantitative estimate of drug-likeness (QED) is 0.827. The van der Waals surface area contributed by atoms with Gasteiger partial charge in [0.25, 0.3) is 0 Å². The van der Waals surface area contributed by atoms with Gasteiger partial charge in [-0.1, -0.05) is 0 Å². The maximum absolute atomic E-state index is 12.2. The average Bonchev–Trinajstić information content (AvgIpc) is 2.46. The summed E-state index contributed by atoms with van der Waals surface area (Å²) < 4.78 is 0. The number of hydrogen-bond donors (Lipinski definition) is 2. The van der Waals surface area contributed by atoms with E-state index in [1.807, 2.05) is 11.8 Å². The fourth-order valence-electron chi connectivity index (χ4n) is 3.59. The van der Waals surface area contributed by atoms with E-state index in [1.54, 1.807) is 0 Å². The molecule has 116 valence electrons. The van der Waals surface area contributed by atoms with Crippen molar-refractivity contribution < 1.29 is 9.90 Å². The molecule has 1 saturated heterocycles. The highest BCUT2D eigenvalue weighted by atomic mass is 16.3. The number of rotatable bonds is 4. The van der Waals surface area contributed by atoms with Gasteiger partial charge in [0.05, 0.1) is 6.10 Å². The van der Waals surface area contributed by atoms with Crippen molar-refractivity contribution in [2.75, 3.05) is 13.1 Å². The van der Waals surface area contributed by atoms with E-state index in [0.29, 0.717) is 30.2 Å². The van der Waals surface area contributed by atoms with Gasteiger partial charge in [-0.3, -0.25) is 4.79 Å². The molecule has 0 aromatic heterocycles. The molecule has 2 fully saturated rings. The number of piperidine rings is 1. The van der Waals surface area contributed by atoms with Crippen LogP contribution in [0.2, 0.25) is 0 Å². The molecule has 2 aliphatic rings. The standard InChI is InChI=1S/C16H30N2O2/c1-12(19)14-8-10-18(11-9-14)16(20)7-4-13-2-5-15(17)6-3-13/h12-15,19H,2-11,17H2,1H3. The third-order valence-electron chi connectivity index (χ3n) is 5.23. The highest BCUT2D eigenvalue weighted by Gasteiger charge is 2.26. The van der Waals surface area contributed by atoms with Crippen LogP contribution in [0.25, 0.3) is 0 Å². The summed E-state index contributed by atoms with van der Waals surface area (Å²) >= 11 is 0. The fourth-order valence-corrected chi connectivity index (χ4v) is 3.59. The number of carbonyl (C=O) groups is 1. The summed E-state index contributed by atoms with van der Waals surface area (Å²) in [6.07, 6.45) is 8.01. The number of nitrogens with zero attached hydrogens (tertiary/aromatic N) is 1. The predicted octanol–water partition coefficient (Wildman–Crippen LogP) is 1.90. The first-order valence-electron chi connectivity index (χ1n) is 8.27. The van der Waals surface area contributed by atoms with Crippen LogP contribution in [0.5, 0.6) is 0 Å². The number of nitrogens with two attached hydrogens (primary N) is 1. The third-order valence-corrected chi connectivity index (χ3v) is 5.23. The lowest BCUT2D eigenvalue weighted by molar-refractivity contribution is -0.133. The summed E-state index contributed by atoms with van der Waals surface area (Å²) in [5.41, 5.74) is 5.91. The van der Waals surface area contributed by atoms with Gasteiger partial charge in [0.1, 0.15) is 0 Å². The monoisotopic (exact) mass is 282 g/mol. The molecule has 0 aromatic carbocycles. The van der Waals surface area contributed by atoms with Crippen molar-refractivity contribution in [2.24, 2.45) is 17.6 Å². The zero-order valence-corrected chi connectivity index (χ0v) is 12.8. The van der Waals surface area contributed by atoms with Crippen LogP contribution in [0.15, 0.2) is 0 Å². The number of aliphatic hydroxyl groups excluding tert-OH is 1. The Morgan fingerprint density at radius 3 is 2.35 bits per heavy atom. The van der Waals surface area contributed by atoms with E-state index in [4.69, 9.17) is 5.73 Å². The smallest absolute Gasteiger partial charge is 0.222 e. The van der Waals surface area contributed by atoms with Crippen molar-refractivity contribution in [3.8, 4) is 0 Å². The maximum atomic E-state index is 12.2. The first-order valence-corrected chi connectivity index (χ1v) is 8.27. The highest BCUT2D eigenvalue weighted by molar-refractivity contribution is 5.76. The zero-order chi connectivity index (χ0) is 14.5. The zero-order valence-electron chi connectivity index (χ0n) is 12.8. The van der Waals surface area contributed by atoms with Crippen molar-refractivity contribution in [1.29, 1.82) is 0 Å². The molecule has 3 N–H and O–H groups in total. The minimum Gasteiger partial charge on any atom is -0.393 e. The molecule has 1 unspecified atom stereocenters. The summed E-state index contributed by atoms with van der Waals surface area (Å²) in [5.74, 6) is 1.39. The van der Waals surface area contributed by atoms with E-state index in [-0.39, 0.29) is 6.10 Å². The van der Waals surface area contributed by atoms with Gasteiger partial charge in [-0.05, 0) is 63.7 Å². The lowest BCUT2D eigenvalue weighted by Gasteiger charge is -2.34. The lowest BCUT2D eigenvalue weighted by atomic mass is 9.83. The molecule has 1 aliphatic carbocycles. The van der Waals surface area contributed by atoms with Crippen molar-refractivity contribution in [2.45, 2.75) is 70.4 Å². The Morgan fingerprint density at radius 2 is 1.80 bits per heavy atom. The second kappa shape index (κ2) is 7.41. The molecule has 1 atom stereocenters. The van der Waals surface area contributed by atoms with Gasteiger partial charge >= 0.3 is 0 Å². The number of hydrogen-bond acceptors (Lipinski definition) is 3. The first-order chi connectivity index (χ1) is 9.56. The molecule has 0 spiro atoms. The molecule has 1 aliphatic heterocycles. The van der Waals surface area contributed by atoms with Crippen molar-refractivity contribution in [1.82, 2.24) is 4.90 Å². The van der Waals surface area contributed by atoms with Crippen molar-refractivity contribution >= 4 is 5.91 Å². The van der Waals surface area contributed by atoms with Gasteiger partial charge in [0.15, 0.2) is 0 Å². The molecular formula is C16H30N2O2. The molecule has 4 nitrogen and oxygen atoms in total. The van der Waals surface area contributed by atoms with Crippen molar-refractivity contribution in [3.05, 3.63) is 0 Å². The van der Waals surface area contributed by atoms with Gasteiger partial charge in [-0.2, -0.15) is 0 Å². The van der Waals surface area contributed by atoms with E-state index in [9.17, 15) is 9.90 Å². The third kappa shape index (κ3) is 4.45. The molecule has 1 heterocycles. The number of likely N-dealkylation sites (tertiary alicyclic amines) is 1. The molecule has 0 aromatic rings. The van der Waals surface area contributed by atoms with Crippen LogP contribution in [-0.4, -0.2) is 41.1 Å². The number of carbonyl (C=O) groups excluding carboxylic acids is 1. The largest absolute Gasteiger partial charge is 0.393 e.